The first-order valence-electron chi connectivity index (χ1n) is 10.6. The van der Waals surface area contributed by atoms with Crippen molar-refractivity contribution in [2.24, 2.45) is 11.8 Å². The molecule has 2 heteroatoms. The van der Waals surface area contributed by atoms with Gasteiger partial charge < -0.3 is 0 Å². The maximum atomic E-state index is 4.79. The van der Waals surface area contributed by atoms with Crippen LogP contribution in [0.2, 0.25) is 0 Å². The fraction of sp³-hybridized carbons (Fsp3) is 0.818. The van der Waals surface area contributed by atoms with Crippen molar-refractivity contribution in [1.82, 2.24) is 9.97 Å². The zero-order valence-corrected chi connectivity index (χ0v) is 15.8. The lowest BCUT2D eigenvalue weighted by molar-refractivity contribution is 0.300. The van der Waals surface area contributed by atoms with E-state index >= 15 is 0 Å². The van der Waals surface area contributed by atoms with Gasteiger partial charge in [0.05, 0.1) is 0 Å². The van der Waals surface area contributed by atoms with Crippen LogP contribution < -0.4 is 0 Å². The molecule has 2 aliphatic carbocycles. The topological polar surface area (TPSA) is 25.8 Å². The van der Waals surface area contributed by atoms with Crippen molar-refractivity contribution >= 4 is 0 Å². The second-order valence-electron chi connectivity index (χ2n) is 8.39. The Morgan fingerprint density at radius 1 is 0.708 bits per heavy atom. The second-order valence-corrected chi connectivity index (χ2v) is 8.39. The second kappa shape index (κ2) is 8.97. The third kappa shape index (κ3) is 4.58. The molecule has 24 heavy (non-hydrogen) atoms. The van der Waals surface area contributed by atoms with Crippen molar-refractivity contribution in [2.45, 2.75) is 103 Å². The Kier molecular flexibility index (Phi) is 6.68. The summed E-state index contributed by atoms with van der Waals surface area (Å²) in [5.41, 5.74) is 1.40. The molecule has 134 valence electrons. The van der Waals surface area contributed by atoms with Crippen LogP contribution in [0, 0.1) is 11.8 Å². The van der Waals surface area contributed by atoms with E-state index in [1.165, 1.54) is 82.6 Å². The van der Waals surface area contributed by atoms with E-state index in [1.807, 2.05) is 0 Å². The van der Waals surface area contributed by atoms with Gasteiger partial charge in [0, 0.05) is 18.3 Å². The lowest BCUT2D eigenvalue weighted by Gasteiger charge is -2.29. The molecule has 0 bridgehead atoms. The minimum absolute atomic E-state index is 0.618. The van der Waals surface area contributed by atoms with Crippen LogP contribution in [0.25, 0.3) is 0 Å². The van der Waals surface area contributed by atoms with E-state index in [1.54, 1.807) is 0 Å². The summed E-state index contributed by atoms with van der Waals surface area (Å²) in [6.45, 7) is 4.62. The van der Waals surface area contributed by atoms with Crippen LogP contribution in [-0.4, -0.2) is 9.97 Å². The molecule has 0 saturated heterocycles. The highest BCUT2D eigenvalue weighted by Crippen LogP contribution is 2.38. The molecule has 2 saturated carbocycles. The van der Waals surface area contributed by atoms with Crippen LogP contribution in [0.15, 0.2) is 12.4 Å². The maximum Gasteiger partial charge on any atom is 0.131 e. The summed E-state index contributed by atoms with van der Waals surface area (Å²) in [4.78, 5) is 9.59. The molecule has 0 spiro atoms. The molecule has 0 N–H and O–H groups in total. The van der Waals surface area contributed by atoms with Gasteiger partial charge in [-0.25, -0.2) is 9.97 Å². The first-order chi connectivity index (χ1) is 11.8. The zero-order chi connectivity index (χ0) is 16.8. The number of nitrogens with zero attached hydrogens (tertiary/aromatic N) is 2. The average molecular weight is 329 g/mol. The Balaban J connectivity index is 1.51. The van der Waals surface area contributed by atoms with E-state index in [4.69, 9.17) is 9.97 Å². The van der Waals surface area contributed by atoms with Crippen LogP contribution in [0.5, 0.6) is 0 Å². The van der Waals surface area contributed by atoms with Crippen molar-refractivity contribution in [3.63, 3.8) is 0 Å². The smallest absolute Gasteiger partial charge is 0.131 e. The molecule has 1 heterocycles. The summed E-state index contributed by atoms with van der Waals surface area (Å²) in [5.74, 6) is 4.39. The summed E-state index contributed by atoms with van der Waals surface area (Å²) in [6, 6.07) is 0. The number of hydrogen-bond donors (Lipinski definition) is 0. The Hall–Kier alpha value is -0.920. The molecule has 2 fully saturated rings. The van der Waals surface area contributed by atoms with Crippen LogP contribution in [0.4, 0.5) is 0 Å². The van der Waals surface area contributed by atoms with Crippen LogP contribution in [0.3, 0.4) is 0 Å². The number of rotatable bonds is 6. The fourth-order valence-corrected chi connectivity index (χ4v) is 5.08. The molecule has 0 unspecified atom stereocenters. The van der Waals surface area contributed by atoms with Gasteiger partial charge in [0.1, 0.15) is 5.82 Å². The number of hydrogen-bond acceptors (Lipinski definition) is 2. The van der Waals surface area contributed by atoms with Gasteiger partial charge in [-0.2, -0.15) is 0 Å². The Labute approximate surface area is 148 Å². The van der Waals surface area contributed by atoms with E-state index in [9.17, 15) is 0 Å². The van der Waals surface area contributed by atoms with Crippen molar-refractivity contribution in [2.75, 3.05) is 0 Å². The van der Waals surface area contributed by atoms with Gasteiger partial charge in [-0.15, -0.1) is 0 Å². The molecular weight excluding hydrogens is 292 g/mol. The first kappa shape index (κ1) is 17.9. The molecule has 0 amide bonds. The normalized spacial score (nSPS) is 31.1. The minimum atomic E-state index is 0.618. The standard InChI is InChI=1S/C22H36N2/c1-3-5-17-7-11-19(12-8-17)21-15-23-22(24-16-21)20-13-9-18(6-4-2)10-14-20/h15-20H,3-14H2,1-2H3. The summed E-state index contributed by atoms with van der Waals surface area (Å²) in [7, 11) is 0. The van der Waals surface area contributed by atoms with E-state index in [2.05, 4.69) is 26.2 Å². The highest BCUT2D eigenvalue weighted by molar-refractivity contribution is 5.14. The first-order valence-corrected chi connectivity index (χ1v) is 10.6. The molecular formula is C22H36N2. The maximum absolute atomic E-state index is 4.79. The lowest BCUT2D eigenvalue weighted by Crippen LogP contribution is -2.16. The van der Waals surface area contributed by atoms with E-state index < -0.39 is 0 Å². The highest BCUT2D eigenvalue weighted by Gasteiger charge is 2.25. The molecule has 2 nitrogen and oxygen atoms in total. The Bertz CT molecular complexity index is 420. The van der Waals surface area contributed by atoms with Gasteiger partial charge in [-0.05, 0) is 74.7 Å². The summed E-state index contributed by atoms with van der Waals surface area (Å²) in [5, 5.41) is 0. The monoisotopic (exact) mass is 328 g/mol. The average Bonchev–Trinajstić information content (AvgIpc) is 2.64. The Morgan fingerprint density at radius 2 is 1.17 bits per heavy atom. The highest BCUT2D eigenvalue weighted by atomic mass is 14.9. The van der Waals surface area contributed by atoms with Gasteiger partial charge in [-0.1, -0.05) is 39.5 Å². The largest absolute Gasteiger partial charge is 0.241 e. The van der Waals surface area contributed by atoms with Gasteiger partial charge >= 0.3 is 0 Å². The van der Waals surface area contributed by atoms with Gasteiger partial charge in [-0.3, -0.25) is 0 Å². The predicted octanol–water partition coefficient (Wildman–Crippen LogP) is 6.62. The summed E-state index contributed by atoms with van der Waals surface area (Å²) >= 11 is 0. The van der Waals surface area contributed by atoms with Gasteiger partial charge in [0.2, 0.25) is 0 Å². The molecule has 2 aliphatic rings. The summed E-state index contributed by atoms with van der Waals surface area (Å²) < 4.78 is 0. The molecule has 0 aromatic carbocycles. The minimum Gasteiger partial charge on any atom is -0.241 e. The van der Waals surface area contributed by atoms with Crippen molar-refractivity contribution in [1.29, 1.82) is 0 Å². The van der Waals surface area contributed by atoms with Gasteiger partial charge in [0.25, 0.3) is 0 Å². The van der Waals surface area contributed by atoms with E-state index in [0.29, 0.717) is 11.8 Å². The molecule has 0 radical (unpaired) electrons. The van der Waals surface area contributed by atoms with Crippen molar-refractivity contribution in [3.8, 4) is 0 Å². The van der Waals surface area contributed by atoms with Crippen LogP contribution in [0.1, 0.15) is 114 Å². The molecule has 3 rings (SSSR count). The lowest BCUT2D eigenvalue weighted by atomic mass is 9.78. The number of aromatic nitrogens is 2. The Morgan fingerprint density at radius 3 is 1.62 bits per heavy atom. The van der Waals surface area contributed by atoms with E-state index in [-0.39, 0.29) is 0 Å². The fourth-order valence-electron chi connectivity index (χ4n) is 5.08. The molecule has 0 atom stereocenters. The third-order valence-corrected chi connectivity index (χ3v) is 6.62. The zero-order valence-electron chi connectivity index (χ0n) is 15.8. The van der Waals surface area contributed by atoms with Crippen molar-refractivity contribution in [3.05, 3.63) is 23.8 Å². The van der Waals surface area contributed by atoms with Crippen molar-refractivity contribution < 1.29 is 0 Å². The van der Waals surface area contributed by atoms with E-state index in [0.717, 1.165) is 17.7 Å². The van der Waals surface area contributed by atoms with Gasteiger partial charge in [0.15, 0.2) is 0 Å². The third-order valence-electron chi connectivity index (χ3n) is 6.62. The molecule has 1 aromatic rings. The molecule has 0 aliphatic heterocycles. The van der Waals surface area contributed by atoms with Crippen LogP contribution >= 0.6 is 0 Å². The molecule has 1 aromatic heterocycles. The predicted molar refractivity (Wildman–Crippen MR) is 101 cm³/mol. The SMILES string of the molecule is CCCC1CCC(c2cnc(C3CCC(CCC)CC3)nc2)CC1. The van der Waals surface area contributed by atoms with Crippen LogP contribution in [-0.2, 0) is 0 Å². The quantitative estimate of drug-likeness (QED) is 0.586. The summed E-state index contributed by atoms with van der Waals surface area (Å²) in [6.07, 6.45) is 20.7.